The van der Waals surface area contributed by atoms with E-state index >= 15 is 0 Å². The highest BCUT2D eigenvalue weighted by molar-refractivity contribution is 6.39. The van der Waals surface area contributed by atoms with E-state index in [0.717, 1.165) is 74.1 Å². The SMILES string of the molecule is COc1c(O)c2c(=O)cc(OC)c3c4c(OC)cc(=O)c5c(O)c(CC6CCNCC6)c6c(c(c1C(C(C)=NC1CCNCC1)C(C)=C6)c23)c54. The van der Waals surface area contributed by atoms with Crippen LogP contribution in [-0.2, 0) is 6.42 Å². The molecule has 0 amide bonds. The van der Waals surface area contributed by atoms with Crippen molar-refractivity contribution in [3.63, 3.8) is 0 Å². The molecule has 1 unspecified atom stereocenters. The van der Waals surface area contributed by atoms with Gasteiger partial charge in [0.2, 0.25) is 0 Å². The van der Waals surface area contributed by atoms with Crippen LogP contribution in [0.1, 0.15) is 62.1 Å². The van der Waals surface area contributed by atoms with E-state index in [1.165, 1.54) is 33.5 Å². The molecule has 2 heterocycles. The van der Waals surface area contributed by atoms with Crippen molar-refractivity contribution in [3.05, 3.63) is 54.8 Å². The molecule has 5 aromatic carbocycles. The first-order chi connectivity index (χ1) is 24.2. The van der Waals surface area contributed by atoms with Gasteiger partial charge in [0.25, 0.3) is 0 Å². The molecule has 3 aliphatic rings. The lowest BCUT2D eigenvalue weighted by Crippen LogP contribution is -2.30. The Balaban J connectivity index is 1.66. The minimum absolute atomic E-state index is 0.0276. The van der Waals surface area contributed by atoms with Gasteiger partial charge in [-0.1, -0.05) is 11.6 Å². The van der Waals surface area contributed by atoms with Gasteiger partial charge >= 0.3 is 0 Å². The van der Waals surface area contributed by atoms with Gasteiger partial charge in [0.05, 0.1) is 38.1 Å². The Morgan fingerprint density at radius 3 is 1.90 bits per heavy atom. The van der Waals surface area contributed by atoms with Crippen LogP contribution in [0, 0.1) is 5.92 Å². The van der Waals surface area contributed by atoms with Crippen molar-refractivity contribution in [3.8, 4) is 28.7 Å². The number of aromatic hydroxyl groups is 2. The smallest absolute Gasteiger partial charge is 0.194 e. The number of hydrogen-bond acceptors (Lipinski definition) is 10. The van der Waals surface area contributed by atoms with Crippen LogP contribution in [0.15, 0.2) is 32.3 Å². The number of piperidine rings is 2. The highest BCUT2D eigenvalue weighted by Gasteiger charge is 2.37. The number of nitrogens with one attached hydrogen (secondary N) is 2. The molecule has 0 radical (unpaired) electrons. The third-order valence-corrected chi connectivity index (χ3v) is 11.4. The highest BCUT2D eigenvalue weighted by Crippen LogP contribution is 2.57. The number of phenolic OH excluding ortho intramolecular Hbond substituents is 2. The van der Waals surface area contributed by atoms with Gasteiger partial charge in [-0.25, -0.2) is 0 Å². The standard InChI is InChI=1S/C40H43N3O7/c1-18-14-22-23(15-20-6-10-41-11-7-20)38(46)30-24(44)16-26(48-3)32-33-27(49-4)17-25(45)31-36(33)35(29(22)34(30)32)37(40(50-5)39(31)47)28(18)19(2)43-21-8-12-42-13-9-21/h14,16-17,20-21,28,41-42,46-47H,6-13,15H2,1-5H3. The predicted octanol–water partition coefficient (Wildman–Crippen LogP) is 5.59. The number of phenols is 2. The molecule has 0 bridgehead atoms. The van der Waals surface area contributed by atoms with Crippen molar-refractivity contribution in [2.24, 2.45) is 10.9 Å². The Hall–Kier alpha value is -4.67. The average molecular weight is 678 g/mol. The molecule has 0 aromatic heterocycles. The molecule has 10 heteroatoms. The Kier molecular flexibility index (Phi) is 7.99. The molecule has 5 aromatic rings. The fraction of sp³-hybridized carbons (Fsp3) is 0.425. The number of nitrogens with zero attached hydrogens (tertiary/aromatic N) is 1. The Morgan fingerprint density at radius 2 is 1.32 bits per heavy atom. The number of allylic oxidation sites excluding steroid dienone is 1. The first-order valence-corrected chi connectivity index (χ1v) is 17.6. The summed E-state index contributed by atoms with van der Waals surface area (Å²) in [5.41, 5.74) is 3.22. The zero-order valence-corrected chi connectivity index (χ0v) is 29.2. The number of methoxy groups -OCH3 is 3. The lowest BCUT2D eigenvalue weighted by atomic mass is 9.79. The summed E-state index contributed by atoms with van der Waals surface area (Å²) in [5.74, 6) is 0.351. The lowest BCUT2D eigenvalue weighted by molar-refractivity contribution is 0.367. The maximum atomic E-state index is 14.1. The van der Waals surface area contributed by atoms with Gasteiger partial charge in [0.1, 0.15) is 17.2 Å². The summed E-state index contributed by atoms with van der Waals surface area (Å²) < 4.78 is 17.9. The van der Waals surface area contributed by atoms with E-state index in [2.05, 4.69) is 23.6 Å². The van der Waals surface area contributed by atoms with E-state index in [-0.39, 0.29) is 45.2 Å². The molecule has 2 fully saturated rings. The van der Waals surface area contributed by atoms with Crippen LogP contribution in [0.25, 0.3) is 49.2 Å². The van der Waals surface area contributed by atoms with Crippen molar-refractivity contribution >= 4 is 54.9 Å². The fourth-order valence-electron chi connectivity index (χ4n) is 9.23. The Bertz CT molecular complexity index is 2370. The van der Waals surface area contributed by atoms with Crippen molar-refractivity contribution in [1.82, 2.24) is 10.6 Å². The van der Waals surface area contributed by atoms with E-state index in [0.29, 0.717) is 56.1 Å². The third-order valence-electron chi connectivity index (χ3n) is 11.4. The number of hydrogen-bond donors (Lipinski definition) is 4. The first kappa shape index (κ1) is 32.5. The summed E-state index contributed by atoms with van der Waals surface area (Å²) in [4.78, 5) is 33.4. The molecule has 0 spiro atoms. The predicted molar refractivity (Wildman–Crippen MR) is 199 cm³/mol. The summed E-state index contributed by atoms with van der Waals surface area (Å²) in [5, 5.41) is 35.0. The maximum absolute atomic E-state index is 14.1. The molecular weight excluding hydrogens is 634 g/mol. The number of aliphatic imine (C=N–C) groups is 1. The van der Waals surface area contributed by atoms with E-state index in [4.69, 9.17) is 19.2 Å². The second-order valence-corrected chi connectivity index (χ2v) is 14.2. The topological polar surface area (TPSA) is 139 Å². The maximum Gasteiger partial charge on any atom is 0.194 e. The first-order valence-electron chi connectivity index (χ1n) is 17.6. The number of ether oxygens (including phenoxy) is 3. The van der Waals surface area contributed by atoms with Gasteiger partial charge < -0.3 is 35.1 Å². The minimum Gasteiger partial charge on any atom is -0.507 e. The Labute approximate surface area is 289 Å². The van der Waals surface area contributed by atoms with E-state index < -0.39 is 11.3 Å². The van der Waals surface area contributed by atoms with Gasteiger partial charge in [0.15, 0.2) is 22.4 Å². The summed E-state index contributed by atoms with van der Waals surface area (Å²) in [7, 11) is 4.50. The number of rotatable bonds is 7. The normalized spacial score (nSPS) is 19.2. The van der Waals surface area contributed by atoms with Crippen LogP contribution in [0.3, 0.4) is 0 Å². The quantitative estimate of drug-likeness (QED) is 0.0987. The molecule has 2 saturated heterocycles. The number of benzene rings is 5. The zero-order chi connectivity index (χ0) is 35.0. The molecule has 8 rings (SSSR count). The van der Waals surface area contributed by atoms with Gasteiger partial charge in [0, 0.05) is 56.4 Å². The largest absolute Gasteiger partial charge is 0.507 e. The van der Waals surface area contributed by atoms with Crippen LogP contribution in [-0.4, -0.2) is 69.5 Å². The third kappa shape index (κ3) is 4.64. The number of fused-ring (bicyclic) bond motifs is 1. The van der Waals surface area contributed by atoms with E-state index in [1.807, 2.05) is 6.92 Å². The second kappa shape index (κ2) is 12.3. The van der Waals surface area contributed by atoms with E-state index in [1.54, 1.807) is 0 Å². The van der Waals surface area contributed by atoms with Crippen molar-refractivity contribution in [1.29, 1.82) is 0 Å². The van der Waals surface area contributed by atoms with Crippen LogP contribution < -0.4 is 35.7 Å². The zero-order valence-electron chi connectivity index (χ0n) is 29.2. The molecule has 10 nitrogen and oxygen atoms in total. The summed E-state index contributed by atoms with van der Waals surface area (Å²) >= 11 is 0. The van der Waals surface area contributed by atoms with Crippen LogP contribution >= 0.6 is 0 Å². The van der Waals surface area contributed by atoms with Crippen LogP contribution in [0.5, 0.6) is 28.7 Å². The van der Waals surface area contributed by atoms with Gasteiger partial charge in [-0.05, 0) is 94.4 Å². The minimum atomic E-state index is -0.436. The van der Waals surface area contributed by atoms with Gasteiger partial charge in [-0.3, -0.25) is 14.6 Å². The molecule has 4 N–H and O–H groups in total. The van der Waals surface area contributed by atoms with Gasteiger partial charge in [-0.2, -0.15) is 0 Å². The molecular formula is C40H43N3O7. The van der Waals surface area contributed by atoms with Crippen LogP contribution in [0.4, 0.5) is 0 Å². The fourth-order valence-corrected chi connectivity index (χ4v) is 9.23. The molecule has 2 aliphatic heterocycles. The molecule has 1 aliphatic carbocycles. The monoisotopic (exact) mass is 677 g/mol. The van der Waals surface area contributed by atoms with Crippen molar-refractivity contribution in [2.75, 3.05) is 47.5 Å². The second-order valence-electron chi connectivity index (χ2n) is 14.2. The Morgan fingerprint density at radius 1 is 0.760 bits per heavy atom. The van der Waals surface area contributed by atoms with Gasteiger partial charge in [-0.15, -0.1) is 0 Å². The highest BCUT2D eigenvalue weighted by atomic mass is 16.5. The summed E-state index contributed by atoms with van der Waals surface area (Å²) in [6.07, 6.45) is 6.41. The molecule has 1 atom stereocenters. The molecule has 50 heavy (non-hydrogen) atoms. The summed E-state index contributed by atoms with van der Waals surface area (Å²) in [6.45, 7) is 7.63. The molecule has 0 saturated carbocycles. The molecule has 260 valence electrons. The van der Waals surface area contributed by atoms with E-state index in [9.17, 15) is 19.8 Å². The lowest BCUT2D eigenvalue weighted by Gasteiger charge is -2.28. The summed E-state index contributed by atoms with van der Waals surface area (Å²) in [6, 6.07) is 2.90. The van der Waals surface area contributed by atoms with Crippen molar-refractivity contribution < 1.29 is 24.4 Å². The average Bonchev–Trinajstić information content (AvgIpc) is 3.24. The van der Waals surface area contributed by atoms with Crippen molar-refractivity contribution in [2.45, 2.75) is 57.9 Å². The van der Waals surface area contributed by atoms with Crippen LogP contribution in [0.2, 0.25) is 0 Å².